The van der Waals surface area contributed by atoms with Crippen LogP contribution in [0.15, 0.2) is 0 Å². The van der Waals surface area contributed by atoms with Crippen molar-refractivity contribution in [3.63, 3.8) is 0 Å². The monoisotopic (exact) mass is 392 g/mol. The summed E-state index contributed by atoms with van der Waals surface area (Å²) in [5, 5.41) is -1.41. The molecule has 0 aliphatic carbocycles. The molecular formula is C5H12O12S4. The van der Waals surface area contributed by atoms with Crippen LogP contribution in [0.1, 0.15) is 0 Å². The summed E-state index contributed by atoms with van der Waals surface area (Å²) in [7, 11) is -18.3. The summed E-state index contributed by atoms with van der Waals surface area (Å²) in [4.78, 5) is 0. The molecule has 128 valence electrons. The minimum atomic E-state index is -4.85. The normalized spacial score (nSPS) is 14.2. The molecule has 0 amide bonds. The van der Waals surface area contributed by atoms with E-state index in [2.05, 4.69) is 8.37 Å². The second kappa shape index (κ2) is 7.27. The summed E-state index contributed by atoms with van der Waals surface area (Å²) >= 11 is 0. The molecule has 0 aromatic rings. The van der Waals surface area contributed by atoms with E-state index in [1.54, 1.807) is 0 Å². The van der Waals surface area contributed by atoms with Crippen LogP contribution in [0.2, 0.25) is 0 Å². The SMILES string of the molecule is O=S(=O)(CCOS(=O)(=O)O)CS(=O)(=O)CCOS(=O)(=O)O. The van der Waals surface area contributed by atoms with Crippen LogP contribution in [-0.2, 0) is 48.8 Å². The number of hydrogen-bond acceptors (Lipinski definition) is 10. The first-order chi connectivity index (χ1) is 9.12. The van der Waals surface area contributed by atoms with Crippen LogP contribution >= 0.6 is 0 Å². The summed E-state index contributed by atoms with van der Waals surface area (Å²) in [6, 6.07) is 0. The third-order valence-electron chi connectivity index (χ3n) is 1.61. The molecule has 0 rings (SSSR count). The van der Waals surface area contributed by atoms with Gasteiger partial charge < -0.3 is 0 Å². The van der Waals surface area contributed by atoms with E-state index < -0.39 is 70.3 Å². The largest absolute Gasteiger partial charge is 0.397 e. The Bertz CT molecular complexity index is 672. The van der Waals surface area contributed by atoms with Crippen molar-refractivity contribution in [3.05, 3.63) is 0 Å². The molecule has 16 heteroatoms. The van der Waals surface area contributed by atoms with E-state index in [0.29, 0.717) is 0 Å². The van der Waals surface area contributed by atoms with Gasteiger partial charge in [0, 0.05) is 0 Å². The summed E-state index contributed by atoms with van der Waals surface area (Å²) in [5.41, 5.74) is 0. The van der Waals surface area contributed by atoms with Gasteiger partial charge in [-0.3, -0.25) is 9.11 Å². The predicted octanol–water partition coefficient (Wildman–Crippen LogP) is -2.59. The van der Waals surface area contributed by atoms with Gasteiger partial charge in [-0.15, -0.1) is 0 Å². The van der Waals surface area contributed by atoms with Crippen molar-refractivity contribution in [3.8, 4) is 0 Å². The van der Waals surface area contributed by atoms with Gasteiger partial charge in [-0.05, 0) is 0 Å². The molecule has 0 unspecified atom stereocenters. The van der Waals surface area contributed by atoms with Crippen LogP contribution in [0.3, 0.4) is 0 Å². The molecular weight excluding hydrogens is 380 g/mol. The van der Waals surface area contributed by atoms with Gasteiger partial charge in [0.05, 0.1) is 24.7 Å². The summed E-state index contributed by atoms with van der Waals surface area (Å²) in [6.45, 7) is -1.98. The molecule has 0 radical (unpaired) electrons. The van der Waals surface area contributed by atoms with Gasteiger partial charge in [-0.2, -0.15) is 16.8 Å². The van der Waals surface area contributed by atoms with E-state index in [4.69, 9.17) is 9.11 Å². The minimum absolute atomic E-state index is 0.988. The summed E-state index contributed by atoms with van der Waals surface area (Å²) < 4.78 is 110. The molecule has 0 fully saturated rings. The van der Waals surface area contributed by atoms with Crippen molar-refractivity contribution >= 4 is 40.5 Å². The molecule has 21 heavy (non-hydrogen) atoms. The van der Waals surface area contributed by atoms with Crippen molar-refractivity contribution in [1.82, 2.24) is 0 Å². The van der Waals surface area contributed by atoms with Crippen LogP contribution in [0, 0.1) is 0 Å². The number of sulfone groups is 2. The van der Waals surface area contributed by atoms with Crippen LogP contribution in [0.4, 0.5) is 0 Å². The number of rotatable bonds is 10. The van der Waals surface area contributed by atoms with E-state index in [-0.39, 0.29) is 0 Å². The predicted molar refractivity (Wildman–Crippen MR) is 67.4 cm³/mol. The second-order valence-electron chi connectivity index (χ2n) is 3.51. The standard InChI is InChI=1S/C5H12O12S4/c6-18(7,3-1-16-20(10,11)12)5-19(8,9)4-2-17-21(13,14)15/h1-5H2,(H,10,11,12)(H,13,14,15). The quantitative estimate of drug-likeness (QED) is 0.369. The maximum Gasteiger partial charge on any atom is 0.397 e. The van der Waals surface area contributed by atoms with Gasteiger partial charge in [0.15, 0.2) is 24.8 Å². The zero-order chi connectivity index (χ0) is 16.9. The summed E-state index contributed by atoms with van der Waals surface area (Å²) in [6.07, 6.45) is 0. The van der Waals surface area contributed by atoms with E-state index in [1.807, 2.05) is 0 Å². The second-order valence-corrected chi connectivity index (χ2v) is 10.4. The smallest absolute Gasteiger partial charge is 0.264 e. The van der Waals surface area contributed by atoms with Gasteiger partial charge in [-0.1, -0.05) is 0 Å². The fraction of sp³-hybridized carbons (Fsp3) is 1.00. The molecule has 0 aromatic carbocycles. The zero-order valence-corrected chi connectivity index (χ0v) is 13.4. The Kier molecular flexibility index (Phi) is 7.14. The zero-order valence-electron chi connectivity index (χ0n) is 10.1. The van der Waals surface area contributed by atoms with Crippen molar-refractivity contribution in [1.29, 1.82) is 0 Å². The van der Waals surface area contributed by atoms with E-state index in [1.165, 1.54) is 0 Å². The maximum absolute atomic E-state index is 11.3. The average Bonchev–Trinajstić information content (AvgIpc) is 2.09. The highest BCUT2D eigenvalue weighted by Gasteiger charge is 2.23. The molecule has 0 aliphatic rings. The molecule has 0 bridgehead atoms. The van der Waals surface area contributed by atoms with Gasteiger partial charge in [0.2, 0.25) is 0 Å². The molecule has 2 N–H and O–H groups in total. The Balaban J connectivity index is 4.49. The highest BCUT2D eigenvalue weighted by atomic mass is 32.3. The Hall–Kier alpha value is -0.360. The number of hydrogen-bond donors (Lipinski definition) is 2. The third-order valence-corrected chi connectivity index (χ3v) is 6.99. The molecule has 0 atom stereocenters. The van der Waals surface area contributed by atoms with E-state index in [9.17, 15) is 33.7 Å². The van der Waals surface area contributed by atoms with Gasteiger partial charge in [0.1, 0.15) is 0 Å². The molecule has 0 saturated carbocycles. The Morgan fingerprint density at radius 3 is 1.14 bits per heavy atom. The fourth-order valence-electron chi connectivity index (χ4n) is 0.924. The van der Waals surface area contributed by atoms with Crippen LogP contribution in [0.25, 0.3) is 0 Å². The first kappa shape index (κ1) is 20.6. The van der Waals surface area contributed by atoms with Crippen molar-refractivity contribution < 1.29 is 51.1 Å². The summed E-state index contributed by atoms with van der Waals surface area (Å²) in [5.74, 6) is -2.02. The lowest BCUT2D eigenvalue weighted by atomic mass is 10.9. The lowest BCUT2D eigenvalue weighted by Gasteiger charge is -2.05. The average molecular weight is 392 g/mol. The first-order valence-electron chi connectivity index (χ1n) is 4.76. The Labute approximate surface area is 121 Å². The Morgan fingerprint density at radius 2 is 0.905 bits per heavy atom. The Morgan fingerprint density at radius 1 is 0.619 bits per heavy atom. The van der Waals surface area contributed by atoms with Gasteiger partial charge in [0.25, 0.3) is 0 Å². The highest BCUT2D eigenvalue weighted by Crippen LogP contribution is 2.02. The van der Waals surface area contributed by atoms with Gasteiger partial charge >= 0.3 is 20.8 Å². The molecule has 0 aliphatic heterocycles. The van der Waals surface area contributed by atoms with Crippen LogP contribution in [-0.4, -0.2) is 72.6 Å². The van der Waals surface area contributed by atoms with E-state index in [0.717, 1.165) is 0 Å². The first-order valence-corrected chi connectivity index (χ1v) is 11.1. The van der Waals surface area contributed by atoms with Crippen LogP contribution < -0.4 is 0 Å². The fourth-order valence-corrected chi connectivity index (χ4v) is 5.53. The van der Waals surface area contributed by atoms with Crippen molar-refractivity contribution in [2.75, 3.05) is 29.8 Å². The molecule has 0 aromatic heterocycles. The van der Waals surface area contributed by atoms with Gasteiger partial charge in [-0.25, -0.2) is 25.2 Å². The van der Waals surface area contributed by atoms with Crippen LogP contribution in [0.5, 0.6) is 0 Å². The van der Waals surface area contributed by atoms with E-state index >= 15 is 0 Å². The molecule has 0 spiro atoms. The maximum atomic E-state index is 11.3. The molecule has 0 heterocycles. The molecule has 0 saturated heterocycles. The topological polar surface area (TPSA) is 195 Å². The lowest BCUT2D eigenvalue weighted by molar-refractivity contribution is 0.282. The third kappa shape index (κ3) is 13.1. The highest BCUT2D eigenvalue weighted by molar-refractivity contribution is 8.08. The minimum Gasteiger partial charge on any atom is -0.264 e. The van der Waals surface area contributed by atoms with Crippen molar-refractivity contribution in [2.24, 2.45) is 0 Å². The molecule has 12 nitrogen and oxygen atoms in total. The lowest BCUT2D eigenvalue weighted by Crippen LogP contribution is -2.26. The van der Waals surface area contributed by atoms with Crippen molar-refractivity contribution in [2.45, 2.75) is 0 Å².